The summed E-state index contributed by atoms with van der Waals surface area (Å²) in [5.74, 6) is 0.667. The quantitative estimate of drug-likeness (QED) is 0.800. The fourth-order valence-corrected chi connectivity index (χ4v) is 4.70. The van der Waals surface area contributed by atoms with E-state index < -0.39 is 10.0 Å². The molecule has 0 aliphatic carbocycles. The highest BCUT2D eigenvalue weighted by Crippen LogP contribution is 2.34. The molecule has 0 unspecified atom stereocenters. The smallest absolute Gasteiger partial charge is 0.243 e. The van der Waals surface area contributed by atoms with Crippen LogP contribution in [0.15, 0.2) is 29.2 Å². The lowest BCUT2D eigenvalue weighted by molar-refractivity contribution is 0.0442. The zero-order chi connectivity index (χ0) is 17.8. The number of ether oxygens (including phenoxy) is 1. The summed E-state index contributed by atoms with van der Waals surface area (Å²) in [5, 5.41) is 9.77. The summed E-state index contributed by atoms with van der Waals surface area (Å²) >= 11 is 0. The lowest BCUT2D eigenvalue weighted by Gasteiger charge is -2.41. The third-order valence-electron chi connectivity index (χ3n) is 4.54. The topological polar surface area (TPSA) is 70.1 Å². The third-order valence-corrected chi connectivity index (χ3v) is 6.46. The fourth-order valence-electron chi connectivity index (χ4n) is 3.26. The number of rotatable bonds is 7. The van der Waals surface area contributed by atoms with Gasteiger partial charge >= 0.3 is 0 Å². The van der Waals surface area contributed by atoms with Gasteiger partial charge in [0.1, 0.15) is 5.75 Å². The number of hydrogen-bond donors (Lipinski definition) is 1. The first kappa shape index (κ1) is 19.2. The van der Waals surface area contributed by atoms with Gasteiger partial charge < -0.3 is 14.7 Å². The summed E-state index contributed by atoms with van der Waals surface area (Å²) in [4.78, 5) is 2.34. The van der Waals surface area contributed by atoms with E-state index in [4.69, 9.17) is 4.74 Å². The average molecular weight is 356 g/mol. The van der Waals surface area contributed by atoms with Crippen LogP contribution >= 0.6 is 0 Å². The summed E-state index contributed by atoms with van der Waals surface area (Å²) in [6.07, 6.45) is 1.33. The Hall–Kier alpha value is -1.15. The van der Waals surface area contributed by atoms with Gasteiger partial charge in [-0.25, -0.2) is 8.42 Å². The number of benzene rings is 1. The molecule has 0 atom stereocenters. The van der Waals surface area contributed by atoms with E-state index in [0.717, 1.165) is 6.54 Å². The molecular formula is C17H28N2O4S. The monoisotopic (exact) mass is 356 g/mol. The minimum atomic E-state index is -3.50. The summed E-state index contributed by atoms with van der Waals surface area (Å²) in [5.41, 5.74) is -0.214. The lowest BCUT2D eigenvalue weighted by Crippen LogP contribution is -2.48. The van der Waals surface area contributed by atoms with Crippen molar-refractivity contribution in [1.29, 1.82) is 0 Å². The molecule has 0 aromatic heterocycles. The normalized spacial score (nSPS) is 18.7. The van der Waals surface area contributed by atoms with Crippen molar-refractivity contribution in [2.75, 3.05) is 46.9 Å². The standard InChI is InChI=1S/C17H28N2O4S/c1-4-23-15-5-7-16(8-6-15)24(21,22)19-11-9-17(14-20,10-12-19)13-18(2)3/h5-8,20H,4,9-14H2,1-3H3. The molecule has 1 aliphatic heterocycles. The second-order valence-corrected chi connectivity index (χ2v) is 8.64. The average Bonchev–Trinajstić information content (AvgIpc) is 2.55. The number of nitrogens with zero attached hydrogens (tertiary/aromatic N) is 2. The van der Waals surface area contributed by atoms with Crippen LogP contribution in [-0.4, -0.2) is 69.7 Å². The summed E-state index contributed by atoms with van der Waals surface area (Å²) < 4.78 is 32.5. The first-order valence-corrected chi connectivity index (χ1v) is 9.75. The number of aliphatic hydroxyl groups is 1. The lowest BCUT2D eigenvalue weighted by atomic mass is 9.79. The van der Waals surface area contributed by atoms with Crippen LogP contribution in [0.2, 0.25) is 0 Å². The molecule has 1 fully saturated rings. The highest BCUT2D eigenvalue weighted by atomic mass is 32.2. The summed E-state index contributed by atoms with van der Waals surface area (Å²) in [6.45, 7) is 4.16. The van der Waals surface area contributed by atoms with Crippen LogP contribution in [0.25, 0.3) is 0 Å². The maximum absolute atomic E-state index is 12.8. The molecule has 0 bridgehead atoms. The predicted octanol–water partition coefficient (Wildman–Crippen LogP) is 1.41. The van der Waals surface area contributed by atoms with Crippen molar-refractivity contribution in [1.82, 2.24) is 9.21 Å². The van der Waals surface area contributed by atoms with Gasteiger partial charge in [-0.05, 0) is 58.1 Å². The van der Waals surface area contributed by atoms with E-state index in [1.807, 2.05) is 25.9 Å². The number of piperidine rings is 1. The molecule has 0 radical (unpaired) electrons. The Morgan fingerprint density at radius 3 is 2.25 bits per heavy atom. The molecule has 1 N–H and O–H groups in total. The van der Waals surface area contributed by atoms with Gasteiger partial charge in [-0.15, -0.1) is 0 Å². The van der Waals surface area contributed by atoms with Gasteiger partial charge in [-0.3, -0.25) is 0 Å². The van der Waals surface area contributed by atoms with Crippen LogP contribution < -0.4 is 4.74 Å². The molecule has 1 aliphatic rings. The van der Waals surface area contributed by atoms with Crippen molar-refractivity contribution in [3.8, 4) is 5.75 Å². The molecule has 6 nitrogen and oxygen atoms in total. The SMILES string of the molecule is CCOc1ccc(S(=O)(=O)N2CCC(CO)(CN(C)C)CC2)cc1. The maximum Gasteiger partial charge on any atom is 0.243 e. The van der Waals surface area contributed by atoms with Crippen LogP contribution in [-0.2, 0) is 10.0 Å². The molecule has 0 amide bonds. The summed E-state index contributed by atoms with van der Waals surface area (Å²) in [7, 11) is 0.447. The van der Waals surface area contributed by atoms with Gasteiger partial charge in [0.05, 0.1) is 18.1 Å². The van der Waals surface area contributed by atoms with E-state index in [0.29, 0.717) is 38.3 Å². The Morgan fingerprint density at radius 1 is 1.21 bits per heavy atom. The Balaban J connectivity index is 2.09. The van der Waals surface area contributed by atoms with Gasteiger partial charge in [0.2, 0.25) is 10.0 Å². The van der Waals surface area contributed by atoms with Gasteiger partial charge in [0.15, 0.2) is 0 Å². The molecule has 0 spiro atoms. The Labute approximate surface area is 145 Å². The molecular weight excluding hydrogens is 328 g/mol. The van der Waals surface area contributed by atoms with Crippen molar-refractivity contribution >= 4 is 10.0 Å². The largest absolute Gasteiger partial charge is 0.494 e. The minimum absolute atomic E-state index is 0.0854. The molecule has 2 rings (SSSR count). The van der Waals surface area contributed by atoms with Gasteiger partial charge in [0, 0.05) is 25.0 Å². The van der Waals surface area contributed by atoms with Gasteiger partial charge in [-0.2, -0.15) is 4.31 Å². The maximum atomic E-state index is 12.8. The molecule has 7 heteroatoms. The van der Waals surface area contributed by atoms with E-state index in [-0.39, 0.29) is 16.9 Å². The highest BCUT2D eigenvalue weighted by Gasteiger charge is 2.38. The Kier molecular flexibility index (Phi) is 6.25. The first-order valence-electron chi connectivity index (χ1n) is 8.31. The number of aliphatic hydroxyl groups excluding tert-OH is 1. The van der Waals surface area contributed by atoms with E-state index in [2.05, 4.69) is 0 Å². The fraction of sp³-hybridized carbons (Fsp3) is 0.647. The Morgan fingerprint density at radius 2 is 1.79 bits per heavy atom. The van der Waals surface area contributed by atoms with Crippen molar-refractivity contribution in [2.45, 2.75) is 24.7 Å². The molecule has 1 heterocycles. The van der Waals surface area contributed by atoms with Crippen LogP contribution in [0.1, 0.15) is 19.8 Å². The number of hydrogen-bond acceptors (Lipinski definition) is 5. The first-order chi connectivity index (χ1) is 11.3. The van der Waals surface area contributed by atoms with Crippen LogP contribution in [0, 0.1) is 5.41 Å². The number of sulfonamides is 1. The van der Waals surface area contributed by atoms with Gasteiger partial charge in [-0.1, -0.05) is 0 Å². The van der Waals surface area contributed by atoms with Crippen molar-refractivity contribution < 1.29 is 18.3 Å². The van der Waals surface area contributed by atoms with Gasteiger partial charge in [0.25, 0.3) is 0 Å². The molecule has 1 aromatic rings. The molecule has 136 valence electrons. The predicted molar refractivity (Wildman–Crippen MR) is 93.7 cm³/mol. The third kappa shape index (κ3) is 4.27. The van der Waals surface area contributed by atoms with Crippen LogP contribution in [0.5, 0.6) is 5.75 Å². The zero-order valence-corrected chi connectivity index (χ0v) is 15.6. The molecule has 1 saturated heterocycles. The second-order valence-electron chi connectivity index (χ2n) is 6.70. The van der Waals surface area contributed by atoms with E-state index in [9.17, 15) is 13.5 Å². The highest BCUT2D eigenvalue weighted by molar-refractivity contribution is 7.89. The molecule has 24 heavy (non-hydrogen) atoms. The second kappa shape index (κ2) is 7.82. The van der Waals surface area contributed by atoms with E-state index in [1.54, 1.807) is 24.3 Å². The van der Waals surface area contributed by atoms with Crippen molar-refractivity contribution in [3.63, 3.8) is 0 Å². The van der Waals surface area contributed by atoms with Crippen molar-refractivity contribution in [2.24, 2.45) is 5.41 Å². The minimum Gasteiger partial charge on any atom is -0.494 e. The van der Waals surface area contributed by atoms with Crippen molar-refractivity contribution in [3.05, 3.63) is 24.3 Å². The Bertz CT molecular complexity index is 620. The van der Waals surface area contributed by atoms with Crippen LogP contribution in [0.4, 0.5) is 0 Å². The molecule has 1 aromatic carbocycles. The van der Waals surface area contributed by atoms with Crippen LogP contribution in [0.3, 0.4) is 0 Å². The summed E-state index contributed by atoms with van der Waals surface area (Å²) in [6, 6.07) is 6.55. The zero-order valence-electron chi connectivity index (χ0n) is 14.7. The van der Waals surface area contributed by atoms with E-state index in [1.165, 1.54) is 4.31 Å². The molecule has 0 saturated carbocycles. The van der Waals surface area contributed by atoms with E-state index >= 15 is 0 Å².